The SMILES string of the molecule is COc1ccc(C(CNC(=O)N2CCCCO2)N(C)C)cc1OC. The molecule has 2 rings (SSSR count). The van der Waals surface area contributed by atoms with E-state index >= 15 is 0 Å². The van der Waals surface area contributed by atoms with Gasteiger partial charge in [0.2, 0.25) is 0 Å². The molecule has 1 unspecified atom stereocenters. The van der Waals surface area contributed by atoms with E-state index in [1.165, 1.54) is 5.06 Å². The van der Waals surface area contributed by atoms with Gasteiger partial charge in [-0.15, -0.1) is 0 Å². The number of urea groups is 1. The van der Waals surface area contributed by atoms with Gasteiger partial charge in [-0.25, -0.2) is 9.86 Å². The summed E-state index contributed by atoms with van der Waals surface area (Å²) in [5.74, 6) is 1.36. The summed E-state index contributed by atoms with van der Waals surface area (Å²) in [6.07, 6.45) is 1.97. The predicted molar refractivity (Wildman–Crippen MR) is 91.3 cm³/mol. The van der Waals surface area contributed by atoms with Crippen LogP contribution in [0.3, 0.4) is 0 Å². The van der Waals surface area contributed by atoms with E-state index in [1.54, 1.807) is 14.2 Å². The smallest absolute Gasteiger partial charge is 0.341 e. The number of hydroxylamine groups is 2. The van der Waals surface area contributed by atoms with Crippen molar-refractivity contribution in [3.05, 3.63) is 23.8 Å². The molecule has 7 nitrogen and oxygen atoms in total. The van der Waals surface area contributed by atoms with Gasteiger partial charge in [-0.1, -0.05) is 6.07 Å². The lowest BCUT2D eigenvalue weighted by Gasteiger charge is -2.29. The van der Waals surface area contributed by atoms with E-state index in [2.05, 4.69) is 10.2 Å². The Hall–Kier alpha value is -1.99. The summed E-state index contributed by atoms with van der Waals surface area (Å²) in [5, 5.41) is 4.35. The van der Waals surface area contributed by atoms with E-state index in [0.29, 0.717) is 31.2 Å². The molecule has 0 spiro atoms. The van der Waals surface area contributed by atoms with Crippen LogP contribution >= 0.6 is 0 Å². The van der Waals surface area contributed by atoms with E-state index in [-0.39, 0.29) is 12.1 Å². The van der Waals surface area contributed by atoms with Crippen molar-refractivity contribution >= 4 is 6.03 Å². The van der Waals surface area contributed by atoms with E-state index in [0.717, 1.165) is 18.4 Å². The maximum absolute atomic E-state index is 12.2. The molecule has 7 heteroatoms. The van der Waals surface area contributed by atoms with Crippen LogP contribution < -0.4 is 14.8 Å². The molecule has 1 fully saturated rings. The van der Waals surface area contributed by atoms with Crippen LogP contribution in [0.25, 0.3) is 0 Å². The molecule has 1 aliphatic heterocycles. The zero-order chi connectivity index (χ0) is 17.5. The van der Waals surface area contributed by atoms with Crippen LogP contribution in [-0.4, -0.2) is 64.0 Å². The third kappa shape index (κ3) is 4.52. The molecular formula is C17H27N3O4. The highest BCUT2D eigenvalue weighted by molar-refractivity contribution is 5.73. The average molecular weight is 337 g/mol. The van der Waals surface area contributed by atoms with Crippen molar-refractivity contribution in [2.45, 2.75) is 18.9 Å². The Morgan fingerprint density at radius 3 is 2.62 bits per heavy atom. The van der Waals surface area contributed by atoms with Crippen molar-refractivity contribution in [1.82, 2.24) is 15.3 Å². The Morgan fingerprint density at radius 2 is 2.04 bits per heavy atom. The fraction of sp³-hybridized carbons (Fsp3) is 0.588. The van der Waals surface area contributed by atoms with Gasteiger partial charge in [0.1, 0.15) is 0 Å². The lowest BCUT2D eigenvalue weighted by atomic mass is 10.1. The quantitative estimate of drug-likeness (QED) is 0.861. The Bertz CT molecular complexity index is 545. The van der Waals surface area contributed by atoms with Gasteiger partial charge in [-0.05, 0) is 44.6 Å². The lowest BCUT2D eigenvalue weighted by molar-refractivity contribution is -0.139. The summed E-state index contributed by atoms with van der Waals surface area (Å²) in [6, 6.07) is 5.61. The van der Waals surface area contributed by atoms with Gasteiger partial charge >= 0.3 is 6.03 Å². The number of hydrogen-bond donors (Lipinski definition) is 1. The molecule has 1 atom stereocenters. The van der Waals surface area contributed by atoms with E-state index in [1.807, 2.05) is 32.3 Å². The Labute approximate surface area is 143 Å². The van der Waals surface area contributed by atoms with Crippen LogP contribution in [0.15, 0.2) is 18.2 Å². The molecular weight excluding hydrogens is 310 g/mol. The number of benzene rings is 1. The predicted octanol–water partition coefficient (Wildman–Crippen LogP) is 2.04. The maximum Gasteiger partial charge on any atom is 0.341 e. The second-order valence-corrected chi connectivity index (χ2v) is 5.92. The molecule has 0 aliphatic carbocycles. The van der Waals surface area contributed by atoms with Gasteiger partial charge in [0.05, 0.1) is 33.4 Å². The topological polar surface area (TPSA) is 63.3 Å². The molecule has 134 valence electrons. The van der Waals surface area contributed by atoms with Gasteiger partial charge in [0, 0.05) is 6.54 Å². The summed E-state index contributed by atoms with van der Waals surface area (Å²) in [5.41, 5.74) is 1.04. The molecule has 1 aliphatic rings. The molecule has 1 saturated heterocycles. The average Bonchev–Trinajstić information content (AvgIpc) is 2.61. The first-order chi connectivity index (χ1) is 11.6. The zero-order valence-corrected chi connectivity index (χ0v) is 14.9. The van der Waals surface area contributed by atoms with Crippen molar-refractivity contribution in [2.24, 2.45) is 0 Å². The summed E-state index contributed by atoms with van der Waals surface area (Å²) in [7, 11) is 7.18. The molecule has 1 aromatic carbocycles. The third-order valence-corrected chi connectivity index (χ3v) is 4.09. The Kier molecular flexibility index (Phi) is 6.69. The molecule has 24 heavy (non-hydrogen) atoms. The second kappa shape index (κ2) is 8.75. The number of rotatable bonds is 6. The lowest BCUT2D eigenvalue weighted by Crippen LogP contribution is -2.45. The standard InChI is InChI=1S/C17H27N3O4/c1-19(2)14(12-18-17(21)20-9-5-6-10-24-20)13-7-8-15(22-3)16(11-13)23-4/h7-8,11,14H,5-6,9-10,12H2,1-4H3,(H,18,21). The minimum atomic E-state index is -0.193. The maximum atomic E-state index is 12.2. The van der Waals surface area contributed by atoms with Gasteiger partial charge in [-0.2, -0.15) is 0 Å². The number of methoxy groups -OCH3 is 2. The van der Waals surface area contributed by atoms with Crippen LogP contribution in [0.2, 0.25) is 0 Å². The highest BCUT2D eigenvalue weighted by Gasteiger charge is 2.21. The fourth-order valence-corrected chi connectivity index (χ4v) is 2.69. The molecule has 0 aromatic heterocycles. The number of nitrogens with one attached hydrogen (secondary N) is 1. The van der Waals surface area contributed by atoms with Crippen LogP contribution in [-0.2, 0) is 4.84 Å². The Balaban J connectivity index is 2.05. The van der Waals surface area contributed by atoms with E-state index in [9.17, 15) is 4.79 Å². The van der Waals surface area contributed by atoms with Crippen molar-refractivity contribution < 1.29 is 19.1 Å². The van der Waals surface area contributed by atoms with Gasteiger partial charge < -0.3 is 19.7 Å². The number of carbonyl (C=O) groups excluding carboxylic acids is 1. The normalized spacial score (nSPS) is 16.0. The first-order valence-electron chi connectivity index (χ1n) is 8.13. The van der Waals surface area contributed by atoms with Crippen LogP contribution in [0, 0.1) is 0 Å². The monoisotopic (exact) mass is 337 g/mol. The molecule has 1 aromatic rings. The summed E-state index contributed by atoms with van der Waals surface area (Å²) in [4.78, 5) is 19.6. The van der Waals surface area contributed by atoms with E-state index in [4.69, 9.17) is 14.3 Å². The molecule has 0 bridgehead atoms. The number of likely N-dealkylation sites (N-methyl/N-ethyl adjacent to an activating group) is 1. The van der Waals surface area contributed by atoms with Crippen molar-refractivity contribution in [1.29, 1.82) is 0 Å². The zero-order valence-electron chi connectivity index (χ0n) is 14.9. The number of nitrogens with zero attached hydrogens (tertiary/aromatic N) is 2. The van der Waals surface area contributed by atoms with E-state index < -0.39 is 0 Å². The molecule has 1 heterocycles. The summed E-state index contributed by atoms with van der Waals surface area (Å²) in [6.45, 7) is 1.70. The van der Waals surface area contributed by atoms with Crippen molar-refractivity contribution in [2.75, 3.05) is 48.0 Å². The van der Waals surface area contributed by atoms with Crippen molar-refractivity contribution in [3.63, 3.8) is 0 Å². The number of carbonyl (C=O) groups is 1. The minimum Gasteiger partial charge on any atom is -0.493 e. The van der Waals surface area contributed by atoms with Crippen LogP contribution in [0.1, 0.15) is 24.4 Å². The highest BCUT2D eigenvalue weighted by Crippen LogP contribution is 2.31. The summed E-state index contributed by atoms with van der Waals surface area (Å²) >= 11 is 0. The van der Waals surface area contributed by atoms with Gasteiger partial charge in [-0.3, -0.25) is 4.84 Å². The fourth-order valence-electron chi connectivity index (χ4n) is 2.69. The van der Waals surface area contributed by atoms with Gasteiger partial charge in [0.25, 0.3) is 0 Å². The van der Waals surface area contributed by atoms with Crippen molar-refractivity contribution in [3.8, 4) is 11.5 Å². The highest BCUT2D eigenvalue weighted by atomic mass is 16.7. The second-order valence-electron chi connectivity index (χ2n) is 5.92. The number of hydrogen-bond acceptors (Lipinski definition) is 5. The molecule has 1 N–H and O–H groups in total. The van der Waals surface area contributed by atoms with Gasteiger partial charge in [0.15, 0.2) is 11.5 Å². The first-order valence-corrected chi connectivity index (χ1v) is 8.13. The minimum absolute atomic E-state index is 0.0125. The summed E-state index contributed by atoms with van der Waals surface area (Å²) < 4.78 is 10.6. The largest absolute Gasteiger partial charge is 0.493 e. The molecule has 0 radical (unpaired) electrons. The molecule has 2 amide bonds. The Morgan fingerprint density at radius 1 is 1.29 bits per heavy atom. The van der Waals surface area contributed by atoms with Crippen LogP contribution in [0.4, 0.5) is 4.79 Å². The third-order valence-electron chi connectivity index (χ3n) is 4.09. The van der Waals surface area contributed by atoms with Crippen LogP contribution in [0.5, 0.6) is 11.5 Å². The first kappa shape index (κ1) is 18.4. The number of ether oxygens (including phenoxy) is 2. The number of amides is 2. The molecule has 0 saturated carbocycles.